The largest absolute Gasteiger partial charge is 0.294 e. The highest BCUT2D eigenvalue weighted by atomic mass is 32.2. The van der Waals surface area contributed by atoms with Crippen molar-refractivity contribution in [1.29, 1.82) is 5.53 Å². The molecule has 0 bridgehead atoms. The maximum atomic E-state index is 11.5. The third-order valence-electron chi connectivity index (χ3n) is 3.10. The average Bonchev–Trinajstić information content (AvgIpc) is 2.62. The molecule has 13 heteroatoms. The van der Waals surface area contributed by atoms with Crippen molar-refractivity contribution >= 4 is 20.1 Å². The summed E-state index contributed by atoms with van der Waals surface area (Å²) in [7, 11) is -6.67. The average molecular weight is 429 g/mol. The first kappa shape index (κ1) is 25.0. The van der Waals surface area contributed by atoms with Gasteiger partial charge in [-0.1, -0.05) is 35.4 Å². The Morgan fingerprint density at radius 2 is 1.25 bits per heavy atom. The summed E-state index contributed by atoms with van der Waals surface area (Å²) in [6.07, 6.45) is 0. The number of nitrogens with one attached hydrogen (secondary N) is 1. The minimum atomic E-state index is -4.02. The Morgan fingerprint density at radius 3 is 1.54 bits per heavy atom. The Hall–Kier alpha value is -2.99. The van der Waals surface area contributed by atoms with Gasteiger partial charge in [-0.05, 0) is 48.6 Å². The minimum Gasteiger partial charge on any atom is -0.282 e. The van der Waals surface area contributed by atoms with Gasteiger partial charge in [0, 0.05) is 7.05 Å². The normalized spacial score (nSPS) is 10.3. The van der Waals surface area contributed by atoms with E-state index in [0.717, 1.165) is 18.2 Å². The summed E-state index contributed by atoms with van der Waals surface area (Å²) in [5, 5.41) is 2.35. The van der Waals surface area contributed by atoms with Crippen LogP contribution in [-0.2, 0) is 20.1 Å². The zero-order valence-electron chi connectivity index (χ0n) is 15.2. The molecule has 0 saturated carbocycles. The molecule has 0 aliphatic heterocycles. The second-order valence-corrected chi connectivity index (χ2v) is 8.59. The first-order valence-corrected chi connectivity index (χ1v) is 10.2. The Kier molecular flexibility index (Phi) is 9.82. The highest BCUT2D eigenvalue weighted by Gasteiger charge is 2.19. The molecule has 0 unspecified atom stereocenters. The Bertz CT molecular complexity index is 1010. The van der Waals surface area contributed by atoms with Crippen LogP contribution in [0.4, 0.5) is 0 Å². The summed E-state index contributed by atoms with van der Waals surface area (Å²) in [5.74, 6) is 0. The van der Waals surface area contributed by atoms with Gasteiger partial charge in [-0.15, -0.1) is 10.4 Å². The zero-order chi connectivity index (χ0) is 22.0. The number of hydrogen-bond donors (Lipinski definition) is 2. The summed E-state index contributed by atoms with van der Waals surface area (Å²) in [6, 6.07) is 12.2. The van der Waals surface area contributed by atoms with Crippen LogP contribution < -0.4 is 0 Å². The van der Waals surface area contributed by atoms with Crippen molar-refractivity contribution in [2.45, 2.75) is 23.6 Å². The molecule has 0 atom stereocenters. The second kappa shape index (κ2) is 11.0. The number of hydrogen-bond acceptors (Lipinski definition) is 7. The quantitative estimate of drug-likeness (QED) is 0.187. The first-order valence-electron chi connectivity index (χ1n) is 7.34. The third kappa shape index (κ3) is 8.14. The van der Waals surface area contributed by atoms with Crippen molar-refractivity contribution < 1.29 is 21.4 Å². The molecule has 0 aliphatic rings. The molecule has 0 aromatic heterocycles. The van der Waals surface area contributed by atoms with Crippen LogP contribution in [0.5, 0.6) is 0 Å². The second-order valence-electron chi connectivity index (χ2n) is 5.22. The van der Waals surface area contributed by atoms with E-state index in [-0.39, 0.29) is 9.79 Å². The van der Waals surface area contributed by atoms with E-state index >= 15 is 0 Å². The molecule has 2 aromatic rings. The van der Waals surface area contributed by atoms with Crippen molar-refractivity contribution in [3.63, 3.8) is 0 Å². The maximum Gasteiger partial charge on any atom is 0.294 e. The van der Waals surface area contributed by atoms with Crippen molar-refractivity contribution in [1.82, 2.24) is 4.41 Å². The molecule has 152 valence electrons. The number of nitroso groups, excluding NO2 is 1. The predicted octanol–water partition coefficient (Wildman–Crippen LogP) is 3.41. The monoisotopic (exact) mass is 429 g/mol. The van der Waals surface area contributed by atoms with Gasteiger partial charge in [0.25, 0.3) is 20.1 Å². The lowest BCUT2D eigenvalue weighted by Crippen LogP contribution is -2.20. The van der Waals surface area contributed by atoms with Gasteiger partial charge in [0.05, 0.1) is 15.1 Å². The molecule has 2 N–H and O–H groups in total. The van der Waals surface area contributed by atoms with Crippen LogP contribution in [-0.4, -0.2) is 32.9 Å². The minimum absolute atomic E-state index is 0.0604. The van der Waals surface area contributed by atoms with E-state index in [1.807, 2.05) is 13.8 Å². The van der Waals surface area contributed by atoms with E-state index < -0.39 is 20.1 Å². The zero-order valence-corrected chi connectivity index (χ0v) is 16.8. The lowest BCUT2D eigenvalue weighted by molar-refractivity contribution is 0.482. The van der Waals surface area contributed by atoms with Crippen LogP contribution in [0.25, 0.3) is 10.4 Å². The highest BCUT2D eigenvalue weighted by molar-refractivity contribution is 7.89. The van der Waals surface area contributed by atoms with E-state index in [4.69, 9.17) is 15.6 Å². The molecule has 0 saturated heterocycles. The molecular formula is C15H19N5O6S2. The van der Waals surface area contributed by atoms with Crippen LogP contribution in [0, 0.1) is 24.3 Å². The molecule has 11 nitrogen and oxygen atoms in total. The van der Waals surface area contributed by atoms with Crippen molar-refractivity contribution in [2.24, 2.45) is 5.29 Å². The number of aryl methyl sites for hydroxylation is 2. The van der Waals surface area contributed by atoms with Gasteiger partial charge in [0.15, 0.2) is 0 Å². The standard InChI is InChI=1S/C8H10N2O3S.C7H8O3S.HN3/c1-7-3-5-8(6-4-7)14(12,13)10(2)9-11;1-6-2-4-7(5-3-6)11(8,9)10;1-3-2/h3-6H,1-2H3;2-5H,1H3,(H,8,9,10);1H. The highest BCUT2D eigenvalue weighted by Crippen LogP contribution is 2.14. The molecule has 0 aliphatic carbocycles. The molecule has 2 aromatic carbocycles. The van der Waals surface area contributed by atoms with Crippen LogP contribution in [0.15, 0.2) is 63.6 Å². The number of benzene rings is 2. The molecule has 2 rings (SSSR count). The summed E-state index contributed by atoms with van der Waals surface area (Å²) in [5.41, 5.74) is 14.2. The van der Waals surface area contributed by atoms with Crippen molar-refractivity contribution in [2.75, 3.05) is 7.05 Å². The van der Waals surface area contributed by atoms with E-state index in [0.29, 0.717) is 4.41 Å². The van der Waals surface area contributed by atoms with Crippen LogP contribution in [0.3, 0.4) is 0 Å². The van der Waals surface area contributed by atoms with Crippen molar-refractivity contribution in [3.05, 3.63) is 75.0 Å². The number of sulfonamides is 1. The van der Waals surface area contributed by atoms with Crippen molar-refractivity contribution in [3.8, 4) is 0 Å². The fourth-order valence-corrected chi connectivity index (χ4v) is 2.97. The van der Waals surface area contributed by atoms with Gasteiger partial charge in [-0.3, -0.25) is 4.55 Å². The molecule has 0 heterocycles. The summed E-state index contributed by atoms with van der Waals surface area (Å²) in [4.78, 5) is 11.8. The maximum absolute atomic E-state index is 11.5. The van der Waals surface area contributed by atoms with Gasteiger partial charge in [-0.2, -0.15) is 21.2 Å². The van der Waals surface area contributed by atoms with Gasteiger partial charge < -0.3 is 0 Å². The lowest BCUT2D eigenvalue weighted by atomic mass is 10.2. The van der Waals surface area contributed by atoms with E-state index in [1.54, 1.807) is 29.2 Å². The molecular weight excluding hydrogens is 410 g/mol. The summed E-state index contributed by atoms with van der Waals surface area (Å²) in [6.45, 7) is 3.69. The van der Waals surface area contributed by atoms with Crippen LogP contribution >= 0.6 is 0 Å². The van der Waals surface area contributed by atoms with E-state index in [1.165, 1.54) is 24.3 Å². The summed E-state index contributed by atoms with van der Waals surface area (Å²) < 4.78 is 53.0. The van der Waals surface area contributed by atoms with E-state index in [2.05, 4.69) is 5.29 Å². The van der Waals surface area contributed by atoms with Gasteiger partial charge in [-0.25, -0.2) is 0 Å². The predicted molar refractivity (Wildman–Crippen MR) is 102 cm³/mol. The van der Waals surface area contributed by atoms with Gasteiger partial charge in [0.2, 0.25) is 0 Å². The Morgan fingerprint density at radius 1 is 0.929 bits per heavy atom. The van der Waals surface area contributed by atoms with Crippen LogP contribution in [0.1, 0.15) is 11.1 Å². The third-order valence-corrected chi connectivity index (χ3v) is 5.60. The molecule has 0 fully saturated rings. The molecule has 0 spiro atoms. The fraction of sp³-hybridized carbons (Fsp3) is 0.200. The Labute approximate surface area is 162 Å². The number of rotatable bonds is 4. The lowest BCUT2D eigenvalue weighted by Gasteiger charge is -2.09. The van der Waals surface area contributed by atoms with E-state index in [9.17, 15) is 21.7 Å². The van der Waals surface area contributed by atoms with Gasteiger partial charge in [0.1, 0.15) is 0 Å². The molecule has 0 radical (unpaired) electrons. The SMILES string of the molecule is Cc1ccc(S(=O)(=O)N(C)N=O)cc1.Cc1ccc(S(=O)(=O)O)cc1.[N-]=[N+]=N. The van der Waals surface area contributed by atoms with Crippen LogP contribution in [0.2, 0.25) is 0 Å². The topological polar surface area (TPSA) is 181 Å². The first-order chi connectivity index (χ1) is 12.9. The smallest absolute Gasteiger partial charge is 0.282 e. The molecule has 28 heavy (non-hydrogen) atoms. The van der Waals surface area contributed by atoms with Gasteiger partial charge >= 0.3 is 0 Å². The fourth-order valence-electron chi connectivity index (χ4n) is 1.62. The molecule has 0 amide bonds. The summed E-state index contributed by atoms with van der Waals surface area (Å²) >= 11 is 0. The number of nitrogens with zero attached hydrogens (tertiary/aromatic N) is 4. The Balaban J connectivity index is 0.000000466.